The standard InChI is InChI=1S/C22H34N6.HI/c1-5-11-27-12-10-19(16-27)14-24-22(23-4)25-15-20-8-6-7-9-21(20)28-18(3)13-17(2)26-28;/h6-9,13,19H,5,10-12,14-16H2,1-4H3,(H2,23,24,25);1H. The number of nitrogens with one attached hydrogen (secondary N) is 2. The second-order valence-corrected chi connectivity index (χ2v) is 7.73. The molecule has 1 unspecified atom stereocenters. The van der Waals surface area contributed by atoms with Crippen LogP contribution in [0.1, 0.15) is 36.7 Å². The van der Waals surface area contributed by atoms with E-state index in [0.717, 1.165) is 29.6 Å². The van der Waals surface area contributed by atoms with Crippen molar-refractivity contribution in [1.82, 2.24) is 25.3 Å². The number of hydrogen-bond acceptors (Lipinski definition) is 3. The molecule has 0 spiro atoms. The average Bonchev–Trinajstić information content (AvgIpc) is 3.28. The molecule has 2 heterocycles. The topological polar surface area (TPSA) is 57.5 Å². The van der Waals surface area contributed by atoms with E-state index in [2.05, 4.69) is 69.8 Å². The zero-order valence-electron chi connectivity index (χ0n) is 18.1. The van der Waals surface area contributed by atoms with Crippen LogP contribution >= 0.6 is 24.0 Å². The summed E-state index contributed by atoms with van der Waals surface area (Å²) in [4.78, 5) is 6.96. The second kappa shape index (κ2) is 11.5. The van der Waals surface area contributed by atoms with Gasteiger partial charge in [-0.05, 0) is 63.4 Å². The summed E-state index contributed by atoms with van der Waals surface area (Å²) in [6, 6.07) is 10.5. The normalized spacial score (nSPS) is 17.2. The Kier molecular flexibility index (Phi) is 9.42. The predicted octanol–water partition coefficient (Wildman–Crippen LogP) is 3.50. The van der Waals surface area contributed by atoms with Gasteiger partial charge in [0.05, 0.1) is 11.4 Å². The lowest BCUT2D eigenvalue weighted by Gasteiger charge is -2.18. The molecule has 1 fully saturated rings. The van der Waals surface area contributed by atoms with Gasteiger partial charge in [0, 0.05) is 32.4 Å². The molecule has 160 valence electrons. The predicted molar refractivity (Wildman–Crippen MR) is 131 cm³/mol. The lowest BCUT2D eigenvalue weighted by atomic mass is 10.1. The highest BCUT2D eigenvalue weighted by Crippen LogP contribution is 2.17. The third kappa shape index (κ3) is 6.44. The molecule has 2 N–H and O–H groups in total. The summed E-state index contributed by atoms with van der Waals surface area (Å²) in [7, 11) is 1.83. The molecule has 2 aromatic rings. The van der Waals surface area contributed by atoms with E-state index in [-0.39, 0.29) is 24.0 Å². The average molecular weight is 510 g/mol. The molecule has 7 heteroatoms. The molecule has 0 saturated carbocycles. The zero-order valence-corrected chi connectivity index (χ0v) is 20.4. The molecule has 29 heavy (non-hydrogen) atoms. The molecule has 1 atom stereocenters. The van der Waals surface area contributed by atoms with Gasteiger partial charge in [0.25, 0.3) is 0 Å². The van der Waals surface area contributed by atoms with Crippen molar-refractivity contribution >= 4 is 29.9 Å². The maximum Gasteiger partial charge on any atom is 0.191 e. The number of halogens is 1. The Bertz CT molecular complexity index is 800. The van der Waals surface area contributed by atoms with Crippen molar-refractivity contribution in [3.05, 3.63) is 47.3 Å². The van der Waals surface area contributed by atoms with Crippen LogP contribution in [0.2, 0.25) is 0 Å². The first kappa shape index (κ1) is 23.7. The Morgan fingerprint density at radius 3 is 2.72 bits per heavy atom. The van der Waals surface area contributed by atoms with Crippen molar-refractivity contribution in [2.45, 2.75) is 40.2 Å². The van der Waals surface area contributed by atoms with E-state index in [1.165, 1.54) is 38.0 Å². The van der Waals surface area contributed by atoms with Gasteiger partial charge in [0.2, 0.25) is 0 Å². The Morgan fingerprint density at radius 2 is 2.03 bits per heavy atom. The molecule has 1 aliphatic heterocycles. The molecule has 0 radical (unpaired) electrons. The van der Waals surface area contributed by atoms with Crippen molar-refractivity contribution in [3.63, 3.8) is 0 Å². The van der Waals surface area contributed by atoms with Crippen LogP contribution in [0.3, 0.4) is 0 Å². The van der Waals surface area contributed by atoms with E-state index in [9.17, 15) is 0 Å². The fourth-order valence-electron chi connectivity index (χ4n) is 3.98. The van der Waals surface area contributed by atoms with Crippen LogP contribution < -0.4 is 10.6 Å². The summed E-state index contributed by atoms with van der Waals surface area (Å²) in [6.45, 7) is 11.7. The highest BCUT2D eigenvalue weighted by molar-refractivity contribution is 14.0. The number of rotatable bonds is 7. The van der Waals surface area contributed by atoms with Crippen molar-refractivity contribution in [2.75, 3.05) is 33.2 Å². The molecule has 1 aromatic heterocycles. The molecule has 1 aliphatic rings. The quantitative estimate of drug-likeness (QED) is 0.340. The van der Waals surface area contributed by atoms with E-state index >= 15 is 0 Å². The highest BCUT2D eigenvalue weighted by Gasteiger charge is 2.21. The first-order valence-corrected chi connectivity index (χ1v) is 10.4. The first-order valence-electron chi connectivity index (χ1n) is 10.4. The number of likely N-dealkylation sites (tertiary alicyclic amines) is 1. The summed E-state index contributed by atoms with van der Waals surface area (Å²) < 4.78 is 2.02. The van der Waals surface area contributed by atoms with Crippen LogP contribution in [-0.4, -0.2) is 53.9 Å². The summed E-state index contributed by atoms with van der Waals surface area (Å²) in [5.41, 5.74) is 4.49. The monoisotopic (exact) mass is 510 g/mol. The Hall–Kier alpha value is -1.61. The molecule has 6 nitrogen and oxygen atoms in total. The number of nitrogens with zero attached hydrogens (tertiary/aromatic N) is 4. The summed E-state index contributed by atoms with van der Waals surface area (Å²) >= 11 is 0. The van der Waals surface area contributed by atoms with Gasteiger partial charge in [-0.1, -0.05) is 25.1 Å². The van der Waals surface area contributed by atoms with Crippen LogP contribution in [0, 0.1) is 19.8 Å². The first-order chi connectivity index (χ1) is 13.6. The number of benzene rings is 1. The van der Waals surface area contributed by atoms with Crippen LogP contribution in [0.25, 0.3) is 5.69 Å². The maximum atomic E-state index is 4.64. The maximum absolute atomic E-state index is 4.64. The number of para-hydroxylation sites is 1. The summed E-state index contributed by atoms with van der Waals surface area (Å²) in [5, 5.41) is 11.6. The van der Waals surface area contributed by atoms with E-state index in [1.807, 2.05) is 18.7 Å². The zero-order chi connectivity index (χ0) is 19.9. The van der Waals surface area contributed by atoms with Crippen molar-refractivity contribution in [1.29, 1.82) is 0 Å². The second-order valence-electron chi connectivity index (χ2n) is 7.73. The number of aliphatic imine (C=N–C) groups is 1. The van der Waals surface area contributed by atoms with Gasteiger partial charge in [-0.25, -0.2) is 4.68 Å². The van der Waals surface area contributed by atoms with Crippen LogP contribution in [0.5, 0.6) is 0 Å². The van der Waals surface area contributed by atoms with Crippen LogP contribution in [0.15, 0.2) is 35.3 Å². The van der Waals surface area contributed by atoms with Gasteiger partial charge in [-0.2, -0.15) is 5.10 Å². The minimum Gasteiger partial charge on any atom is -0.356 e. The minimum atomic E-state index is 0. The highest BCUT2D eigenvalue weighted by atomic mass is 127. The van der Waals surface area contributed by atoms with Gasteiger partial charge >= 0.3 is 0 Å². The summed E-state index contributed by atoms with van der Waals surface area (Å²) in [5.74, 6) is 1.56. The minimum absolute atomic E-state index is 0. The molecule has 0 amide bonds. The fraction of sp³-hybridized carbons (Fsp3) is 0.545. The van der Waals surface area contributed by atoms with Crippen molar-refractivity contribution < 1.29 is 0 Å². The molecular weight excluding hydrogens is 475 g/mol. The SMILES string of the molecule is CCCN1CCC(CNC(=NC)NCc2ccccc2-n2nc(C)cc2C)C1.I. The van der Waals surface area contributed by atoms with Gasteiger partial charge in [-0.3, -0.25) is 4.99 Å². The van der Waals surface area contributed by atoms with E-state index in [4.69, 9.17) is 0 Å². The largest absolute Gasteiger partial charge is 0.356 e. The van der Waals surface area contributed by atoms with Gasteiger partial charge in [0.1, 0.15) is 0 Å². The molecule has 3 rings (SSSR count). The third-order valence-corrected chi connectivity index (χ3v) is 5.37. The Labute approximate surface area is 192 Å². The molecule has 1 aromatic carbocycles. The number of aryl methyl sites for hydroxylation is 2. The van der Waals surface area contributed by atoms with Crippen LogP contribution in [0.4, 0.5) is 0 Å². The van der Waals surface area contributed by atoms with Gasteiger partial charge in [0.15, 0.2) is 5.96 Å². The smallest absolute Gasteiger partial charge is 0.191 e. The molecule has 1 saturated heterocycles. The number of hydrogen-bond donors (Lipinski definition) is 2. The van der Waals surface area contributed by atoms with Crippen molar-refractivity contribution in [3.8, 4) is 5.69 Å². The van der Waals surface area contributed by atoms with E-state index in [0.29, 0.717) is 12.5 Å². The van der Waals surface area contributed by atoms with Crippen molar-refractivity contribution in [2.24, 2.45) is 10.9 Å². The van der Waals surface area contributed by atoms with Gasteiger partial charge in [-0.15, -0.1) is 24.0 Å². The lowest BCUT2D eigenvalue weighted by Crippen LogP contribution is -2.40. The van der Waals surface area contributed by atoms with Crippen LogP contribution in [-0.2, 0) is 6.54 Å². The van der Waals surface area contributed by atoms with E-state index < -0.39 is 0 Å². The fourth-order valence-corrected chi connectivity index (χ4v) is 3.98. The molecule has 0 aliphatic carbocycles. The van der Waals surface area contributed by atoms with E-state index in [1.54, 1.807) is 0 Å². The Balaban J connectivity index is 0.00000300. The van der Waals surface area contributed by atoms with Gasteiger partial charge < -0.3 is 15.5 Å². The number of aromatic nitrogens is 2. The third-order valence-electron chi connectivity index (χ3n) is 5.37. The molecular formula is C22H35IN6. The molecule has 0 bridgehead atoms. The summed E-state index contributed by atoms with van der Waals surface area (Å²) in [6.07, 6.45) is 2.50. The Morgan fingerprint density at radius 1 is 1.24 bits per heavy atom. The number of guanidine groups is 1. The lowest BCUT2D eigenvalue weighted by molar-refractivity contribution is 0.324.